The van der Waals surface area contributed by atoms with Crippen LogP contribution in [-0.4, -0.2) is 54.4 Å². The van der Waals surface area contributed by atoms with Crippen LogP contribution in [0.4, 0.5) is 0 Å². The number of hydrogen-bond acceptors (Lipinski definition) is 6. The van der Waals surface area contributed by atoms with Gasteiger partial charge in [0.1, 0.15) is 5.75 Å². The fourth-order valence-electron chi connectivity index (χ4n) is 3.55. The maximum Gasteiger partial charge on any atom is 0.334 e. The predicted molar refractivity (Wildman–Crippen MR) is 121 cm³/mol. The second-order valence-corrected chi connectivity index (χ2v) is 7.53. The van der Waals surface area contributed by atoms with E-state index in [1.54, 1.807) is 38.3 Å². The van der Waals surface area contributed by atoms with E-state index >= 15 is 0 Å². The molecule has 1 amide bonds. The molecule has 1 N–H and O–H groups in total. The molecule has 0 heterocycles. The number of aliphatic hydroxyl groups excluding tert-OH is 1. The minimum Gasteiger partial charge on any atom is -0.497 e. The molecule has 7 nitrogen and oxygen atoms in total. The lowest BCUT2D eigenvalue weighted by Crippen LogP contribution is -2.61. The first-order valence-corrected chi connectivity index (χ1v) is 10.3. The highest BCUT2D eigenvalue weighted by molar-refractivity contribution is 5.93. The zero-order chi connectivity index (χ0) is 23.6. The van der Waals surface area contributed by atoms with Crippen molar-refractivity contribution < 1.29 is 28.9 Å². The third kappa shape index (κ3) is 6.42. The number of hydrogen-bond donors (Lipinski definition) is 1. The third-order valence-corrected chi connectivity index (χ3v) is 5.11. The first-order chi connectivity index (χ1) is 15.4. The molecule has 172 valence electrons. The van der Waals surface area contributed by atoms with Gasteiger partial charge in [-0.1, -0.05) is 49.0 Å². The highest BCUT2D eigenvalue weighted by Gasteiger charge is 2.48. The molecular weight excluding hydrogens is 410 g/mol. The number of methoxy groups -OCH3 is 2. The highest BCUT2D eigenvalue weighted by Crippen LogP contribution is 2.28. The van der Waals surface area contributed by atoms with Gasteiger partial charge in [-0.2, -0.15) is 0 Å². The monoisotopic (exact) mass is 441 g/mol. The van der Waals surface area contributed by atoms with Gasteiger partial charge in [0.2, 0.25) is 5.91 Å². The number of ether oxygens (including phenoxy) is 3. The lowest BCUT2D eigenvalue weighted by atomic mass is 9.89. The van der Waals surface area contributed by atoms with Gasteiger partial charge in [-0.05, 0) is 36.3 Å². The van der Waals surface area contributed by atoms with Gasteiger partial charge in [0.25, 0.3) is 0 Å². The molecule has 0 radical (unpaired) electrons. The Balaban J connectivity index is 2.42. The number of rotatable bonds is 12. The van der Waals surface area contributed by atoms with Crippen LogP contribution in [0.2, 0.25) is 0 Å². The van der Waals surface area contributed by atoms with Crippen LogP contribution >= 0.6 is 0 Å². The van der Waals surface area contributed by atoms with Crippen molar-refractivity contribution in [1.29, 1.82) is 0 Å². The molecule has 2 atom stereocenters. The first kappa shape index (κ1) is 25.1. The van der Waals surface area contributed by atoms with E-state index in [0.29, 0.717) is 5.75 Å². The zero-order valence-corrected chi connectivity index (χ0v) is 18.8. The summed E-state index contributed by atoms with van der Waals surface area (Å²) in [5, 5.41) is 10.2. The van der Waals surface area contributed by atoms with Crippen LogP contribution in [0.25, 0.3) is 0 Å². The van der Waals surface area contributed by atoms with Crippen molar-refractivity contribution in [3.05, 3.63) is 78.4 Å². The van der Waals surface area contributed by atoms with Gasteiger partial charge in [-0.15, -0.1) is 0 Å². The number of benzene rings is 2. The Kier molecular flexibility index (Phi) is 9.43. The average molecular weight is 442 g/mol. The minimum atomic E-state index is -1.55. The van der Waals surface area contributed by atoms with Crippen molar-refractivity contribution >= 4 is 11.9 Å². The van der Waals surface area contributed by atoms with E-state index < -0.39 is 23.5 Å². The number of nitrogens with zero attached hydrogens (tertiary/aromatic N) is 1. The van der Waals surface area contributed by atoms with Crippen LogP contribution < -0.4 is 4.74 Å². The Morgan fingerprint density at radius 2 is 1.75 bits per heavy atom. The maximum absolute atomic E-state index is 13.1. The van der Waals surface area contributed by atoms with Gasteiger partial charge < -0.3 is 24.2 Å². The normalized spacial score (nSPS) is 13.5. The summed E-state index contributed by atoms with van der Waals surface area (Å²) in [7, 11) is 2.82. The summed E-state index contributed by atoms with van der Waals surface area (Å²) < 4.78 is 16.2. The van der Waals surface area contributed by atoms with E-state index in [4.69, 9.17) is 14.2 Å². The molecule has 32 heavy (non-hydrogen) atoms. The maximum atomic E-state index is 13.1. The lowest BCUT2D eigenvalue weighted by Gasteiger charge is -2.41. The standard InChI is InChI=1S/C25H31NO6/c1-5-23(28)26(16-20-11-13-22(30-3)14-12-20)25(15-19(2)27,24(29)31-4)18-32-17-21-9-7-6-8-10-21/h5-14,19,27H,1,15-18H2,2-4H3/t19-,25+/m1/s1. The molecule has 0 unspecified atom stereocenters. The average Bonchev–Trinajstić information content (AvgIpc) is 2.81. The minimum absolute atomic E-state index is 0.0653. The smallest absolute Gasteiger partial charge is 0.334 e. The summed E-state index contributed by atoms with van der Waals surface area (Å²) in [4.78, 5) is 27.4. The van der Waals surface area contributed by atoms with Crippen LogP contribution in [-0.2, 0) is 32.2 Å². The van der Waals surface area contributed by atoms with Gasteiger partial charge in [-0.3, -0.25) is 4.79 Å². The molecule has 2 rings (SSSR count). The Morgan fingerprint density at radius 1 is 1.09 bits per heavy atom. The molecule has 0 aliphatic carbocycles. The van der Waals surface area contributed by atoms with Crippen LogP contribution in [0, 0.1) is 0 Å². The Labute approximate surface area is 189 Å². The summed E-state index contributed by atoms with van der Waals surface area (Å²) in [6.07, 6.45) is 0.176. The molecule has 0 bridgehead atoms. The van der Waals surface area contributed by atoms with E-state index in [1.807, 2.05) is 30.3 Å². The van der Waals surface area contributed by atoms with E-state index in [9.17, 15) is 14.7 Å². The number of carbonyl (C=O) groups excluding carboxylic acids is 2. The Bertz CT molecular complexity index is 881. The SMILES string of the molecule is C=CC(=O)N(Cc1ccc(OC)cc1)[C@](COCc1ccccc1)(C[C@@H](C)O)C(=O)OC. The van der Waals surface area contributed by atoms with Crippen molar-refractivity contribution in [1.82, 2.24) is 4.90 Å². The Morgan fingerprint density at radius 3 is 2.28 bits per heavy atom. The van der Waals surface area contributed by atoms with Gasteiger partial charge >= 0.3 is 5.97 Å². The van der Waals surface area contributed by atoms with Gasteiger partial charge in [0.15, 0.2) is 5.54 Å². The molecule has 0 spiro atoms. The Hall–Kier alpha value is -3.16. The third-order valence-electron chi connectivity index (χ3n) is 5.11. The number of carbonyl (C=O) groups is 2. The van der Waals surface area contributed by atoms with Crippen LogP contribution in [0.1, 0.15) is 24.5 Å². The summed E-state index contributed by atoms with van der Waals surface area (Å²) in [6.45, 7) is 5.31. The summed E-state index contributed by atoms with van der Waals surface area (Å²) in [5.74, 6) is -0.477. The largest absolute Gasteiger partial charge is 0.497 e. The van der Waals surface area contributed by atoms with Crippen molar-refractivity contribution in [2.24, 2.45) is 0 Å². The quantitative estimate of drug-likeness (QED) is 0.402. The molecule has 0 aromatic heterocycles. The molecule has 2 aromatic rings. The molecule has 0 fully saturated rings. The molecule has 0 saturated heterocycles. The van der Waals surface area contributed by atoms with E-state index in [-0.39, 0.29) is 26.2 Å². The number of esters is 1. The first-order valence-electron chi connectivity index (χ1n) is 10.3. The van der Waals surface area contributed by atoms with E-state index in [0.717, 1.165) is 17.2 Å². The second kappa shape index (κ2) is 12.0. The highest BCUT2D eigenvalue weighted by atomic mass is 16.5. The topological polar surface area (TPSA) is 85.3 Å². The van der Waals surface area contributed by atoms with Crippen LogP contribution in [0.5, 0.6) is 5.75 Å². The summed E-state index contributed by atoms with van der Waals surface area (Å²) >= 11 is 0. The zero-order valence-electron chi connectivity index (χ0n) is 18.8. The molecule has 0 aliphatic rings. The summed E-state index contributed by atoms with van der Waals surface area (Å²) in [6, 6.07) is 16.6. The van der Waals surface area contributed by atoms with Crippen LogP contribution in [0.15, 0.2) is 67.3 Å². The second-order valence-electron chi connectivity index (χ2n) is 7.53. The van der Waals surface area contributed by atoms with Gasteiger partial charge in [0.05, 0.1) is 33.5 Å². The summed E-state index contributed by atoms with van der Waals surface area (Å²) in [5.41, 5.74) is 0.131. The van der Waals surface area contributed by atoms with E-state index in [2.05, 4.69) is 6.58 Å². The van der Waals surface area contributed by atoms with Crippen LogP contribution in [0.3, 0.4) is 0 Å². The van der Waals surface area contributed by atoms with Gasteiger partial charge in [0, 0.05) is 13.0 Å². The lowest BCUT2D eigenvalue weighted by molar-refractivity contribution is -0.169. The number of amides is 1. The van der Waals surface area contributed by atoms with Gasteiger partial charge in [-0.25, -0.2) is 4.79 Å². The van der Waals surface area contributed by atoms with Crippen molar-refractivity contribution in [3.8, 4) is 5.75 Å². The molecule has 0 aliphatic heterocycles. The molecule has 2 aromatic carbocycles. The number of aliphatic hydroxyl groups is 1. The van der Waals surface area contributed by atoms with Crippen molar-refractivity contribution in [3.63, 3.8) is 0 Å². The fraction of sp³-hybridized carbons (Fsp3) is 0.360. The molecule has 0 saturated carbocycles. The molecule has 7 heteroatoms. The fourth-order valence-corrected chi connectivity index (χ4v) is 3.55. The predicted octanol–water partition coefficient (Wildman–Crippen LogP) is 3.11. The van der Waals surface area contributed by atoms with E-state index in [1.165, 1.54) is 12.0 Å². The molecular formula is C25H31NO6. The van der Waals surface area contributed by atoms with Crippen molar-refractivity contribution in [2.75, 3.05) is 20.8 Å². The van der Waals surface area contributed by atoms with Crippen molar-refractivity contribution in [2.45, 2.75) is 38.1 Å².